The minimum absolute atomic E-state index is 0.753. The quantitative estimate of drug-likeness (QED) is 0.404. The minimum Gasteiger partial charge on any atom is -0.393 e. The molecule has 3 N–H and O–H groups in total. The number of rotatable bonds is 7. The summed E-state index contributed by atoms with van der Waals surface area (Å²) in [5.74, 6) is 0. The summed E-state index contributed by atoms with van der Waals surface area (Å²) in [7, 11) is 2.59. The van der Waals surface area contributed by atoms with E-state index in [1.807, 2.05) is 14.1 Å². The summed E-state index contributed by atoms with van der Waals surface area (Å²) in [5, 5.41) is 3.53. The van der Waals surface area contributed by atoms with Gasteiger partial charge in [-0.2, -0.15) is 0 Å². The van der Waals surface area contributed by atoms with Crippen LogP contribution in [0.15, 0.2) is 0 Å². The van der Waals surface area contributed by atoms with Gasteiger partial charge in [0, 0.05) is 19.2 Å². The van der Waals surface area contributed by atoms with Crippen LogP contribution in [0.4, 0.5) is 0 Å². The van der Waals surface area contributed by atoms with Crippen LogP contribution in [0.5, 0.6) is 0 Å². The second kappa shape index (κ2) is 7.36. The Hall–Kier alpha value is 0.0569. The molecule has 0 aliphatic heterocycles. The molecule has 0 bridgehead atoms. The predicted molar refractivity (Wildman–Crippen MR) is 61.5 cm³/mol. The molecule has 0 spiro atoms. The smallest absolute Gasteiger partial charge is 0.334 e. The van der Waals surface area contributed by atoms with E-state index in [0.717, 1.165) is 19.2 Å². The van der Waals surface area contributed by atoms with Crippen molar-refractivity contribution in [3.8, 4) is 0 Å². The number of nitrogens with one attached hydrogen (secondary N) is 3. The van der Waals surface area contributed by atoms with Crippen LogP contribution < -0.4 is 15.3 Å². The summed E-state index contributed by atoms with van der Waals surface area (Å²) >= 11 is 0. The Morgan fingerprint density at radius 2 is 1.86 bits per heavy atom. The van der Waals surface area contributed by atoms with Crippen LogP contribution in [-0.2, 0) is 4.43 Å². The average Bonchev–Trinajstić information content (AvgIpc) is 2.71. The molecule has 0 aromatic heterocycles. The van der Waals surface area contributed by atoms with Gasteiger partial charge < -0.3 is 19.7 Å². The molecule has 0 amide bonds. The molecular weight excluding hydrogens is 194 g/mol. The van der Waals surface area contributed by atoms with Gasteiger partial charge in [-0.1, -0.05) is 12.8 Å². The first-order valence-electron chi connectivity index (χ1n) is 5.56. The molecule has 1 aliphatic carbocycles. The molecule has 5 heteroatoms. The largest absolute Gasteiger partial charge is 0.393 e. The maximum absolute atomic E-state index is 5.65. The monoisotopic (exact) mass is 217 g/mol. The summed E-state index contributed by atoms with van der Waals surface area (Å²) in [5.41, 5.74) is 0. The molecule has 0 aromatic rings. The van der Waals surface area contributed by atoms with E-state index in [1.54, 1.807) is 0 Å². The predicted octanol–water partition coefficient (Wildman–Crippen LogP) is -0.309. The van der Waals surface area contributed by atoms with Crippen molar-refractivity contribution in [3.63, 3.8) is 0 Å². The van der Waals surface area contributed by atoms with Gasteiger partial charge in [-0.25, -0.2) is 0 Å². The Bertz CT molecular complexity index is 134. The van der Waals surface area contributed by atoms with Crippen molar-refractivity contribution in [2.45, 2.75) is 31.7 Å². The fraction of sp³-hybridized carbons (Fsp3) is 1.00. The second-order valence-corrected chi connectivity index (χ2v) is 6.01. The third-order valence-corrected chi connectivity index (χ3v) is 4.32. The zero-order valence-electron chi connectivity index (χ0n) is 9.31. The number of hydrogen-bond donors (Lipinski definition) is 3. The molecule has 0 heterocycles. The van der Waals surface area contributed by atoms with Crippen molar-refractivity contribution >= 4 is 9.36 Å². The van der Waals surface area contributed by atoms with Gasteiger partial charge in [-0.05, 0) is 26.9 Å². The van der Waals surface area contributed by atoms with Gasteiger partial charge in [0.15, 0.2) is 0 Å². The second-order valence-electron chi connectivity index (χ2n) is 3.76. The van der Waals surface area contributed by atoms with E-state index in [2.05, 4.69) is 15.3 Å². The summed E-state index contributed by atoms with van der Waals surface area (Å²) < 4.78 is 5.65. The third-order valence-electron chi connectivity index (χ3n) is 2.70. The van der Waals surface area contributed by atoms with Gasteiger partial charge in [0.2, 0.25) is 0 Å². The Balaban J connectivity index is 1.92. The lowest BCUT2D eigenvalue weighted by molar-refractivity contribution is 0.295. The molecule has 0 radical (unpaired) electrons. The van der Waals surface area contributed by atoms with Crippen LogP contribution in [0.3, 0.4) is 0 Å². The highest BCUT2D eigenvalue weighted by atomic mass is 28.3. The molecular formula is C9H23N3OSi. The summed E-state index contributed by atoms with van der Waals surface area (Å²) in [4.78, 5) is 6.32. The third kappa shape index (κ3) is 4.52. The zero-order valence-corrected chi connectivity index (χ0v) is 10.5. The molecule has 1 saturated carbocycles. The fourth-order valence-corrected chi connectivity index (χ4v) is 2.86. The van der Waals surface area contributed by atoms with Gasteiger partial charge in [0.25, 0.3) is 0 Å². The lowest BCUT2D eigenvalue weighted by Gasteiger charge is -2.15. The van der Waals surface area contributed by atoms with E-state index in [9.17, 15) is 0 Å². The first-order valence-corrected chi connectivity index (χ1v) is 7.19. The fourth-order valence-electron chi connectivity index (χ4n) is 1.88. The molecule has 0 saturated heterocycles. The van der Waals surface area contributed by atoms with E-state index < -0.39 is 9.36 Å². The van der Waals surface area contributed by atoms with E-state index in [0.29, 0.717) is 0 Å². The Labute approximate surface area is 88.7 Å². The van der Waals surface area contributed by atoms with E-state index in [1.165, 1.54) is 25.7 Å². The SMILES string of the molecule is CN[SiH](NC)OCCNC1CCCC1. The normalized spacial score (nSPS) is 18.2. The van der Waals surface area contributed by atoms with Gasteiger partial charge in [0.1, 0.15) is 0 Å². The van der Waals surface area contributed by atoms with E-state index >= 15 is 0 Å². The summed E-state index contributed by atoms with van der Waals surface area (Å²) in [6.07, 6.45) is 5.48. The van der Waals surface area contributed by atoms with Crippen LogP contribution in [0.2, 0.25) is 0 Å². The van der Waals surface area contributed by atoms with Gasteiger partial charge in [-0.15, -0.1) is 0 Å². The molecule has 4 nitrogen and oxygen atoms in total. The van der Waals surface area contributed by atoms with Gasteiger partial charge in [0.05, 0.1) is 0 Å². The Morgan fingerprint density at radius 1 is 1.21 bits per heavy atom. The lowest BCUT2D eigenvalue weighted by atomic mass is 10.2. The van der Waals surface area contributed by atoms with Crippen LogP contribution in [0.1, 0.15) is 25.7 Å². The topological polar surface area (TPSA) is 45.3 Å². The summed E-state index contributed by atoms with van der Waals surface area (Å²) in [6, 6.07) is 0.753. The lowest BCUT2D eigenvalue weighted by Crippen LogP contribution is -2.47. The molecule has 1 rings (SSSR count). The van der Waals surface area contributed by atoms with E-state index in [-0.39, 0.29) is 0 Å². The van der Waals surface area contributed by atoms with Crippen molar-refractivity contribution < 1.29 is 4.43 Å². The number of hydrogen-bond acceptors (Lipinski definition) is 4. The van der Waals surface area contributed by atoms with Crippen molar-refractivity contribution in [2.75, 3.05) is 27.2 Å². The highest BCUT2D eigenvalue weighted by Crippen LogP contribution is 2.17. The minimum atomic E-state index is -1.30. The van der Waals surface area contributed by atoms with Crippen molar-refractivity contribution in [2.24, 2.45) is 0 Å². The Morgan fingerprint density at radius 3 is 2.43 bits per heavy atom. The van der Waals surface area contributed by atoms with Crippen LogP contribution in [0, 0.1) is 0 Å². The molecule has 1 fully saturated rings. The van der Waals surface area contributed by atoms with Gasteiger partial charge in [-0.3, -0.25) is 0 Å². The average molecular weight is 217 g/mol. The zero-order chi connectivity index (χ0) is 10.2. The standard InChI is InChI=1S/C9H23N3OSi/c1-10-14(11-2)13-8-7-12-9-5-3-4-6-9/h9-12,14H,3-8H2,1-2H3. The first-order chi connectivity index (χ1) is 6.86. The van der Waals surface area contributed by atoms with Crippen LogP contribution in [-0.4, -0.2) is 42.7 Å². The van der Waals surface area contributed by atoms with Crippen molar-refractivity contribution in [1.29, 1.82) is 0 Å². The maximum atomic E-state index is 5.65. The molecule has 0 aromatic carbocycles. The van der Waals surface area contributed by atoms with Crippen LogP contribution >= 0.6 is 0 Å². The molecule has 0 unspecified atom stereocenters. The van der Waals surface area contributed by atoms with Gasteiger partial charge >= 0.3 is 9.36 Å². The maximum Gasteiger partial charge on any atom is 0.334 e. The summed E-state index contributed by atoms with van der Waals surface area (Å²) in [6.45, 7) is 1.80. The molecule has 14 heavy (non-hydrogen) atoms. The van der Waals surface area contributed by atoms with Crippen LogP contribution in [0.25, 0.3) is 0 Å². The molecule has 0 atom stereocenters. The van der Waals surface area contributed by atoms with Crippen molar-refractivity contribution in [3.05, 3.63) is 0 Å². The molecule has 1 aliphatic rings. The first kappa shape index (κ1) is 12.1. The highest BCUT2D eigenvalue weighted by molar-refractivity contribution is 6.45. The highest BCUT2D eigenvalue weighted by Gasteiger charge is 2.13. The Kier molecular flexibility index (Phi) is 6.38. The van der Waals surface area contributed by atoms with Crippen molar-refractivity contribution in [1.82, 2.24) is 15.3 Å². The molecule has 84 valence electrons. The van der Waals surface area contributed by atoms with E-state index in [4.69, 9.17) is 4.43 Å².